The predicted molar refractivity (Wildman–Crippen MR) is 105 cm³/mol. The van der Waals surface area contributed by atoms with E-state index in [0.29, 0.717) is 6.54 Å². The Morgan fingerprint density at radius 3 is 2.93 bits per heavy atom. The monoisotopic (exact) mass is 428 g/mol. The smallest absolute Gasteiger partial charge is 0.410 e. The first kappa shape index (κ1) is 18.0. The molecule has 1 saturated heterocycles. The molecular formula is C20H21BrN4O2. The summed E-state index contributed by atoms with van der Waals surface area (Å²) in [5.74, 6) is 0.846. The van der Waals surface area contributed by atoms with E-state index >= 15 is 0 Å². The fraction of sp³-hybridized carbons (Fsp3) is 0.350. The molecule has 3 aromatic rings. The second-order valence-corrected chi connectivity index (χ2v) is 7.49. The normalized spacial score (nSPS) is 17.3. The number of aromatic nitrogens is 3. The lowest BCUT2D eigenvalue weighted by atomic mass is 10.0. The van der Waals surface area contributed by atoms with E-state index in [4.69, 9.17) is 9.72 Å². The van der Waals surface area contributed by atoms with Gasteiger partial charge in [0.25, 0.3) is 0 Å². The number of piperidine rings is 1. The van der Waals surface area contributed by atoms with Crippen LogP contribution >= 0.6 is 15.9 Å². The third kappa shape index (κ3) is 3.56. The summed E-state index contributed by atoms with van der Waals surface area (Å²) in [5, 5.41) is 0. The highest BCUT2D eigenvalue weighted by Crippen LogP contribution is 2.33. The fourth-order valence-electron chi connectivity index (χ4n) is 3.62. The zero-order valence-electron chi connectivity index (χ0n) is 15.1. The number of aryl methyl sites for hydroxylation is 1. The minimum atomic E-state index is -0.290. The molecule has 0 N–H and O–H groups in total. The fourth-order valence-corrected chi connectivity index (χ4v) is 4.28. The number of rotatable bonds is 3. The standard InChI is InChI=1S/C20H21BrN4O2/c1-14-17-18(21)23-19(25(17)12-10-22-14)16-9-5-6-11-24(16)20(26)27-13-15-7-3-2-4-8-15/h2-4,7-8,10,12,16H,5-6,9,11,13H2,1H3/t16-/m0/s1. The van der Waals surface area contributed by atoms with Crippen LogP contribution in [-0.4, -0.2) is 31.9 Å². The van der Waals surface area contributed by atoms with Gasteiger partial charge in [-0.15, -0.1) is 0 Å². The van der Waals surface area contributed by atoms with Gasteiger partial charge >= 0.3 is 6.09 Å². The van der Waals surface area contributed by atoms with Crippen LogP contribution in [-0.2, 0) is 11.3 Å². The molecule has 6 nitrogen and oxygen atoms in total. The molecule has 1 aliphatic heterocycles. The molecule has 0 aliphatic carbocycles. The van der Waals surface area contributed by atoms with Crippen molar-refractivity contribution in [1.82, 2.24) is 19.3 Å². The molecule has 1 aromatic carbocycles. The summed E-state index contributed by atoms with van der Waals surface area (Å²) in [6.07, 6.45) is 6.28. The van der Waals surface area contributed by atoms with E-state index < -0.39 is 0 Å². The van der Waals surface area contributed by atoms with Gasteiger partial charge in [-0.3, -0.25) is 14.3 Å². The first-order valence-electron chi connectivity index (χ1n) is 9.11. The second kappa shape index (κ2) is 7.68. The van der Waals surface area contributed by atoms with E-state index in [9.17, 15) is 4.79 Å². The number of halogens is 1. The first-order valence-corrected chi connectivity index (χ1v) is 9.91. The Labute approximate surface area is 166 Å². The van der Waals surface area contributed by atoms with Gasteiger partial charge in [0.2, 0.25) is 0 Å². The van der Waals surface area contributed by atoms with Crippen LogP contribution in [0.2, 0.25) is 0 Å². The molecule has 0 bridgehead atoms. The highest BCUT2D eigenvalue weighted by Gasteiger charge is 2.32. The summed E-state index contributed by atoms with van der Waals surface area (Å²) >= 11 is 3.55. The number of likely N-dealkylation sites (tertiary alicyclic amines) is 1. The third-order valence-corrected chi connectivity index (χ3v) is 5.52. The molecule has 1 fully saturated rings. The van der Waals surface area contributed by atoms with Crippen molar-refractivity contribution in [3.8, 4) is 0 Å². The van der Waals surface area contributed by atoms with Gasteiger partial charge in [0.1, 0.15) is 22.6 Å². The number of nitrogens with zero attached hydrogens (tertiary/aromatic N) is 4. The van der Waals surface area contributed by atoms with Crippen molar-refractivity contribution in [2.24, 2.45) is 0 Å². The SMILES string of the molecule is Cc1nccn2c([C@@H]3CCCCN3C(=O)OCc3ccccc3)nc(Br)c12. The lowest BCUT2D eigenvalue weighted by Gasteiger charge is -2.34. The predicted octanol–water partition coefficient (Wildman–Crippen LogP) is 4.66. The third-order valence-electron chi connectivity index (χ3n) is 4.96. The van der Waals surface area contributed by atoms with Gasteiger partial charge in [-0.05, 0) is 47.7 Å². The Morgan fingerprint density at radius 2 is 2.11 bits per heavy atom. The summed E-state index contributed by atoms with van der Waals surface area (Å²) in [6, 6.07) is 9.63. The van der Waals surface area contributed by atoms with Gasteiger partial charge in [0.05, 0.1) is 11.7 Å². The maximum absolute atomic E-state index is 12.8. The summed E-state index contributed by atoms with van der Waals surface area (Å²) in [6.45, 7) is 2.91. The van der Waals surface area contributed by atoms with E-state index in [0.717, 1.165) is 46.5 Å². The van der Waals surface area contributed by atoms with Crippen molar-refractivity contribution >= 4 is 27.5 Å². The van der Waals surface area contributed by atoms with Gasteiger partial charge < -0.3 is 4.74 Å². The topological polar surface area (TPSA) is 59.7 Å². The molecule has 1 aliphatic rings. The molecule has 7 heteroatoms. The Hall–Kier alpha value is -2.41. The quantitative estimate of drug-likeness (QED) is 0.608. The van der Waals surface area contributed by atoms with Crippen LogP contribution in [0.5, 0.6) is 0 Å². The molecule has 0 spiro atoms. The van der Waals surface area contributed by atoms with E-state index in [-0.39, 0.29) is 18.7 Å². The Morgan fingerprint density at radius 1 is 1.30 bits per heavy atom. The van der Waals surface area contributed by atoms with E-state index in [2.05, 4.69) is 20.9 Å². The highest BCUT2D eigenvalue weighted by atomic mass is 79.9. The lowest BCUT2D eigenvalue weighted by Crippen LogP contribution is -2.39. The molecule has 140 valence electrons. The van der Waals surface area contributed by atoms with Gasteiger partial charge in [-0.25, -0.2) is 9.78 Å². The van der Waals surface area contributed by atoms with Gasteiger partial charge in [0.15, 0.2) is 0 Å². The van der Waals surface area contributed by atoms with E-state index in [1.165, 1.54) is 0 Å². The maximum Gasteiger partial charge on any atom is 0.410 e. The minimum Gasteiger partial charge on any atom is -0.445 e. The van der Waals surface area contributed by atoms with Crippen LogP contribution in [0.25, 0.3) is 5.52 Å². The average molecular weight is 429 g/mol. The summed E-state index contributed by atoms with van der Waals surface area (Å²) in [5.41, 5.74) is 2.82. The average Bonchev–Trinajstić information content (AvgIpc) is 3.05. The number of hydrogen-bond donors (Lipinski definition) is 0. The lowest BCUT2D eigenvalue weighted by molar-refractivity contribution is 0.0657. The molecule has 1 atom stereocenters. The number of ether oxygens (including phenoxy) is 1. The molecule has 1 amide bonds. The van der Waals surface area contributed by atoms with Crippen LogP contribution in [0, 0.1) is 6.92 Å². The van der Waals surface area contributed by atoms with Crippen molar-refractivity contribution in [3.05, 3.63) is 64.4 Å². The van der Waals surface area contributed by atoms with Gasteiger partial charge in [-0.1, -0.05) is 30.3 Å². The summed E-state index contributed by atoms with van der Waals surface area (Å²) < 4.78 is 8.37. The van der Waals surface area contributed by atoms with Gasteiger partial charge in [0, 0.05) is 18.9 Å². The summed E-state index contributed by atoms with van der Waals surface area (Å²) in [4.78, 5) is 23.7. The number of imidazole rings is 1. The number of carbonyl (C=O) groups is 1. The Kier molecular flexibility index (Phi) is 5.11. The minimum absolute atomic E-state index is 0.109. The molecule has 0 saturated carbocycles. The van der Waals surface area contributed by atoms with Crippen LogP contribution < -0.4 is 0 Å². The van der Waals surface area contributed by atoms with Crippen molar-refractivity contribution in [3.63, 3.8) is 0 Å². The van der Waals surface area contributed by atoms with E-state index in [1.807, 2.05) is 52.8 Å². The number of hydrogen-bond acceptors (Lipinski definition) is 4. The molecule has 27 heavy (non-hydrogen) atoms. The Bertz CT molecular complexity index is 957. The van der Waals surface area contributed by atoms with Crippen molar-refractivity contribution in [1.29, 1.82) is 0 Å². The van der Waals surface area contributed by atoms with Crippen molar-refractivity contribution in [2.45, 2.75) is 38.8 Å². The van der Waals surface area contributed by atoms with E-state index in [1.54, 1.807) is 6.20 Å². The molecule has 0 radical (unpaired) electrons. The zero-order valence-corrected chi connectivity index (χ0v) is 16.7. The maximum atomic E-state index is 12.8. The first-order chi connectivity index (χ1) is 13.1. The highest BCUT2D eigenvalue weighted by molar-refractivity contribution is 9.10. The Balaban J connectivity index is 1.59. The number of amides is 1. The molecule has 4 rings (SSSR count). The van der Waals surface area contributed by atoms with Crippen molar-refractivity contribution in [2.75, 3.05) is 6.54 Å². The zero-order chi connectivity index (χ0) is 18.8. The largest absolute Gasteiger partial charge is 0.445 e. The molecule has 2 aromatic heterocycles. The van der Waals surface area contributed by atoms with Gasteiger partial charge in [-0.2, -0.15) is 0 Å². The number of fused-ring (bicyclic) bond motifs is 1. The second-order valence-electron chi connectivity index (χ2n) is 6.74. The van der Waals surface area contributed by atoms with Crippen LogP contribution in [0.1, 0.15) is 42.4 Å². The van der Waals surface area contributed by atoms with Crippen LogP contribution in [0.4, 0.5) is 4.79 Å². The summed E-state index contributed by atoms with van der Waals surface area (Å²) in [7, 11) is 0. The molecular weight excluding hydrogens is 408 g/mol. The van der Waals surface area contributed by atoms with Crippen molar-refractivity contribution < 1.29 is 9.53 Å². The number of carbonyl (C=O) groups excluding carboxylic acids is 1. The van der Waals surface area contributed by atoms with Crippen LogP contribution in [0.3, 0.4) is 0 Å². The molecule has 3 heterocycles. The van der Waals surface area contributed by atoms with Crippen LogP contribution in [0.15, 0.2) is 47.3 Å². The molecule has 0 unspecified atom stereocenters. The number of benzene rings is 1.